The van der Waals surface area contributed by atoms with E-state index in [0.717, 1.165) is 16.9 Å². The minimum atomic E-state index is 0.391. The third-order valence-electron chi connectivity index (χ3n) is 3.62. The van der Waals surface area contributed by atoms with Gasteiger partial charge in [-0.2, -0.15) is 0 Å². The van der Waals surface area contributed by atoms with Gasteiger partial charge in [0.1, 0.15) is 12.4 Å². The van der Waals surface area contributed by atoms with Crippen LogP contribution in [0.3, 0.4) is 0 Å². The zero-order valence-corrected chi connectivity index (χ0v) is 15.4. The molecule has 0 bridgehead atoms. The molecule has 8 heteroatoms. The molecule has 1 N–H and O–H groups in total. The van der Waals surface area contributed by atoms with Crippen molar-refractivity contribution in [2.75, 3.05) is 5.32 Å². The van der Waals surface area contributed by atoms with Crippen LogP contribution in [-0.4, -0.2) is 20.2 Å². The van der Waals surface area contributed by atoms with E-state index in [-0.39, 0.29) is 0 Å². The molecule has 3 aromatic rings. The standard InChI is InChI=1S/C18H17Cl2N5O/c1-2-9-25-18(22-23-24-25)21-11-14-5-3-4-6-17(14)26-12-13-7-8-15(19)16(20)10-13/h2-8,10H,1,9,11-12H2,(H,21,22,24). The van der Waals surface area contributed by atoms with Gasteiger partial charge in [-0.05, 0) is 34.2 Å². The van der Waals surface area contributed by atoms with Crippen LogP contribution in [0.15, 0.2) is 55.1 Å². The Labute approximate surface area is 161 Å². The number of rotatable bonds is 8. The van der Waals surface area contributed by atoms with Gasteiger partial charge in [0.05, 0.1) is 16.6 Å². The highest BCUT2D eigenvalue weighted by Crippen LogP contribution is 2.24. The van der Waals surface area contributed by atoms with Crippen molar-refractivity contribution in [2.45, 2.75) is 19.7 Å². The van der Waals surface area contributed by atoms with E-state index in [0.29, 0.717) is 35.7 Å². The smallest absolute Gasteiger partial charge is 0.243 e. The van der Waals surface area contributed by atoms with E-state index in [1.165, 1.54) is 0 Å². The molecule has 0 radical (unpaired) electrons. The lowest BCUT2D eigenvalue weighted by molar-refractivity contribution is 0.303. The predicted molar refractivity (Wildman–Crippen MR) is 103 cm³/mol. The van der Waals surface area contributed by atoms with E-state index in [1.807, 2.05) is 30.3 Å². The molecule has 0 amide bonds. The van der Waals surface area contributed by atoms with E-state index in [2.05, 4.69) is 27.4 Å². The quantitative estimate of drug-likeness (QED) is 0.579. The number of nitrogens with zero attached hydrogens (tertiary/aromatic N) is 4. The van der Waals surface area contributed by atoms with E-state index in [1.54, 1.807) is 22.9 Å². The number of aromatic nitrogens is 4. The fourth-order valence-corrected chi connectivity index (χ4v) is 2.65. The Kier molecular flexibility index (Phi) is 6.09. The van der Waals surface area contributed by atoms with Crippen molar-refractivity contribution in [1.29, 1.82) is 0 Å². The molecule has 1 heterocycles. The highest BCUT2D eigenvalue weighted by molar-refractivity contribution is 6.42. The van der Waals surface area contributed by atoms with Crippen LogP contribution in [0.5, 0.6) is 5.75 Å². The molecule has 3 rings (SSSR count). The Morgan fingerprint density at radius 2 is 2.00 bits per heavy atom. The normalized spacial score (nSPS) is 10.5. The topological polar surface area (TPSA) is 64.9 Å². The number of anilines is 1. The summed E-state index contributed by atoms with van der Waals surface area (Å²) in [6.07, 6.45) is 1.73. The zero-order chi connectivity index (χ0) is 18.4. The lowest BCUT2D eigenvalue weighted by atomic mass is 10.2. The third kappa shape index (κ3) is 4.53. The summed E-state index contributed by atoms with van der Waals surface area (Å²) >= 11 is 12.0. The second-order valence-electron chi connectivity index (χ2n) is 5.47. The Morgan fingerprint density at radius 3 is 2.81 bits per heavy atom. The first-order valence-electron chi connectivity index (χ1n) is 7.93. The maximum absolute atomic E-state index is 6.05. The number of nitrogens with one attached hydrogen (secondary N) is 1. The van der Waals surface area contributed by atoms with Gasteiger partial charge in [0.25, 0.3) is 0 Å². The van der Waals surface area contributed by atoms with Crippen LogP contribution in [0.4, 0.5) is 5.95 Å². The maximum Gasteiger partial charge on any atom is 0.243 e. The summed E-state index contributed by atoms with van der Waals surface area (Å²) in [6, 6.07) is 13.2. The molecule has 0 saturated heterocycles. The minimum Gasteiger partial charge on any atom is -0.489 e. The highest BCUT2D eigenvalue weighted by atomic mass is 35.5. The second-order valence-corrected chi connectivity index (χ2v) is 6.29. The first-order valence-corrected chi connectivity index (χ1v) is 8.68. The summed E-state index contributed by atoms with van der Waals surface area (Å²) in [5.41, 5.74) is 1.93. The SMILES string of the molecule is C=CCn1nnnc1NCc1ccccc1OCc1ccc(Cl)c(Cl)c1. The number of allylic oxidation sites excluding steroid dienone is 1. The molecule has 0 aliphatic rings. The molecule has 26 heavy (non-hydrogen) atoms. The molecule has 134 valence electrons. The molecule has 0 fully saturated rings. The Bertz CT molecular complexity index is 897. The fraction of sp³-hybridized carbons (Fsp3) is 0.167. The Hall–Kier alpha value is -2.57. The molecular formula is C18H17Cl2N5O. The first-order chi connectivity index (χ1) is 12.7. The van der Waals surface area contributed by atoms with Gasteiger partial charge in [-0.1, -0.05) is 58.6 Å². The molecule has 0 spiro atoms. The van der Waals surface area contributed by atoms with Gasteiger partial charge in [-0.25, -0.2) is 4.68 Å². The van der Waals surface area contributed by atoms with Crippen LogP contribution < -0.4 is 10.1 Å². The zero-order valence-electron chi connectivity index (χ0n) is 13.9. The number of para-hydroxylation sites is 1. The molecule has 6 nitrogen and oxygen atoms in total. The summed E-state index contributed by atoms with van der Waals surface area (Å²) in [5, 5.41) is 15.8. The molecule has 0 aliphatic heterocycles. The van der Waals surface area contributed by atoms with Crippen molar-refractivity contribution >= 4 is 29.2 Å². The number of ether oxygens (including phenoxy) is 1. The summed E-state index contributed by atoms with van der Waals surface area (Å²) < 4.78 is 7.58. The number of tetrazole rings is 1. The van der Waals surface area contributed by atoms with Gasteiger partial charge >= 0.3 is 0 Å². The van der Waals surface area contributed by atoms with Gasteiger partial charge < -0.3 is 10.1 Å². The molecular weight excluding hydrogens is 373 g/mol. The molecule has 0 atom stereocenters. The van der Waals surface area contributed by atoms with Crippen LogP contribution in [0.25, 0.3) is 0 Å². The lowest BCUT2D eigenvalue weighted by Crippen LogP contribution is -2.09. The van der Waals surface area contributed by atoms with Crippen molar-refractivity contribution in [1.82, 2.24) is 20.2 Å². The van der Waals surface area contributed by atoms with Gasteiger partial charge in [-0.15, -0.1) is 6.58 Å². The van der Waals surface area contributed by atoms with Gasteiger partial charge in [-0.3, -0.25) is 0 Å². The van der Waals surface area contributed by atoms with Crippen molar-refractivity contribution in [3.8, 4) is 5.75 Å². The van der Waals surface area contributed by atoms with Crippen LogP contribution in [0, 0.1) is 0 Å². The van der Waals surface area contributed by atoms with Gasteiger partial charge in [0.15, 0.2) is 0 Å². The van der Waals surface area contributed by atoms with E-state index < -0.39 is 0 Å². The summed E-state index contributed by atoms with van der Waals surface area (Å²) in [4.78, 5) is 0. The average Bonchev–Trinajstić information content (AvgIpc) is 3.09. The molecule has 0 unspecified atom stereocenters. The minimum absolute atomic E-state index is 0.391. The van der Waals surface area contributed by atoms with Crippen LogP contribution in [0.1, 0.15) is 11.1 Å². The second kappa shape index (κ2) is 8.69. The summed E-state index contributed by atoms with van der Waals surface area (Å²) in [6.45, 7) is 5.14. The monoisotopic (exact) mass is 389 g/mol. The molecule has 0 aliphatic carbocycles. The third-order valence-corrected chi connectivity index (χ3v) is 4.36. The van der Waals surface area contributed by atoms with Crippen LogP contribution in [0.2, 0.25) is 10.0 Å². The number of hydrogen-bond acceptors (Lipinski definition) is 5. The van der Waals surface area contributed by atoms with Crippen molar-refractivity contribution < 1.29 is 4.74 Å². The van der Waals surface area contributed by atoms with E-state index in [9.17, 15) is 0 Å². The lowest BCUT2D eigenvalue weighted by Gasteiger charge is -2.13. The number of halogens is 2. The van der Waals surface area contributed by atoms with Crippen LogP contribution in [-0.2, 0) is 19.7 Å². The predicted octanol–water partition coefficient (Wildman–Crippen LogP) is 4.36. The maximum atomic E-state index is 6.05. The molecule has 2 aromatic carbocycles. The van der Waals surface area contributed by atoms with Crippen molar-refractivity contribution in [2.24, 2.45) is 0 Å². The van der Waals surface area contributed by atoms with Gasteiger partial charge in [0.2, 0.25) is 5.95 Å². The van der Waals surface area contributed by atoms with Gasteiger partial charge in [0, 0.05) is 12.1 Å². The number of benzene rings is 2. The van der Waals surface area contributed by atoms with Crippen molar-refractivity contribution in [3.05, 3.63) is 76.3 Å². The fourth-order valence-electron chi connectivity index (χ4n) is 2.33. The van der Waals surface area contributed by atoms with Crippen molar-refractivity contribution in [3.63, 3.8) is 0 Å². The molecule has 0 saturated carbocycles. The highest BCUT2D eigenvalue weighted by Gasteiger charge is 2.08. The Balaban J connectivity index is 1.66. The van der Waals surface area contributed by atoms with Crippen LogP contribution >= 0.6 is 23.2 Å². The summed E-state index contributed by atoms with van der Waals surface area (Å²) in [5.74, 6) is 1.35. The Morgan fingerprint density at radius 1 is 1.15 bits per heavy atom. The van der Waals surface area contributed by atoms with E-state index in [4.69, 9.17) is 27.9 Å². The molecule has 1 aromatic heterocycles. The first kappa shape index (κ1) is 18.2. The average molecular weight is 390 g/mol. The summed E-state index contributed by atoms with van der Waals surface area (Å²) in [7, 11) is 0. The van der Waals surface area contributed by atoms with E-state index >= 15 is 0 Å². The number of hydrogen-bond donors (Lipinski definition) is 1. The largest absolute Gasteiger partial charge is 0.489 e.